The van der Waals surface area contributed by atoms with Gasteiger partial charge >= 0.3 is 0 Å². The van der Waals surface area contributed by atoms with E-state index in [0.717, 1.165) is 39.6 Å². The minimum atomic E-state index is -0.212. The van der Waals surface area contributed by atoms with Crippen molar-refractivity contribution in [1.82, 2.24) is 14.8 Å². The highest BCUT2D eigenvalue weighted by molar-refractivity contribution is 6.04. The van der Waals surface area contributed by atoms with Crippen LogP contribution in [0.4, 0.5) is 17.2 Å². The first-order valence-electron chi connectivity index (χ1n) is 11.1. The van der Waals surface area contributed by atoms with Gasteiger partial charge in [0, 0.05) is 31.4 Å². The fourth-order valence-corrected chi connectivity index (χ4v) is 4.35. The molecule has 1 aliphatic rings. The summed E-state index contributed by atoms with van der Waals surface area (Å²) in [6, 6.07) is 9.66. The maximum Gasteiger partial charge on any atom is 0.247 e. The Morgan fingerprint density at radius 2 is 2.06 bits per heavy atom. The van der Waals surface area contributed by atoms with E-state index in [2.05, 4.69) is 40.6 Å². The number of carbonyl (C=O) groups excluding carboxylic acids is 1. The molecule has 8 nitrogen and oxygen atoms in total. The highest BCUT2D eigenvalue weighted by Gasteiger charge is 2.34. The first-order valence-corrected chi connectivity index (χ1v) is 11.1. The van der Waals surface area contributed by atoms with Crippen molar-refractivity contribution in [1.29, 1.82) is 5.26 Å². The number of nitrogens with zero attached hydrogens (tertiary/aromatic N) is 5. The van der Waals surface area contributed by atoms with E-state index < -0.39 is 0 Å². The summed E-state index contributed by atoms with van der Waals surface area (Å²) in [5, 5.41) is 19.9. The predicted molar refractivity (Wildman–Crippen MR) is 129 cm³/mol. The largest absolute Gasteiger partial charge is 0.366 e. The lowest BCUT2D eigenvalue weighted by Crippen LogP contribution is -2.49. The zero-order valence-corrected chi connectivity index (χ0v) is 19.7. The Labute approximate surface area is 194 Å². The van der Waals surface area contributed by atoms with Crippen molar-refractivity contribution in [2.75, 3.05) is 22.6 Å². The maximum atomic E-state index is 12.5. The second-order valence-corrected chi connectivity index (χ2v) is 8.93. The predicted octanol–water partition coefficient (Wildman–Crippen LogP) is 3.84. The first-order chi connectivity index (χ1) is 15.8. The molecule has 170 valence electrons. The van der Waals surface area contributed by atoms with Crippen LogP contribution in [0.5, 0.6) is 0 Å². The molecule has 0 aliphatic carbocycles. The lowest BCUT2D eigenvalue weighted by atomic mass is 9.98. The highest BCUT2D eigenvalue weighted by atomic mass is 16.2. The zero-order chi connectivity index (χ0) is 23.7. The van der Waals surface area contributed by atoms with Gasteiger partial charge < -0.3 is 15.5 Å². The van der Waals surface area contributed by atoms with E-state index in [9.17, 15) is 4.79 Å². The average molecular weight is 444 g/mol. The molecule has 4 rings (SSSR count). The van der Waals surface area contributed by atoms with Gasteiger partial charge in [-0.05, 0) is 43.0 Å². The molecule has 2 N–H and O–H groups in total. The fraction of sp³-hybridized carbons (Fsp3) is 0.360. The third-order valence-corrected chi connectivity index (χ3v) is 6.09. The Bertz CT molecular complexity index is 1240. The molecule has 8 heteroatoms. The molecule has 0 spiro atoms. The van der Waals surface area contributed by atoms with Crippen LogP contribution in [0, 0.1) is 31.1 Å². The topological polar surface area (TPSA) is 98.9 Å². The molecule has 1 amide bonds. The van der Waals surface area contributed by atoms with E-state index in [0.29, 0.717) is 18.7 Å². The molecule has 0 unspecified atom stereocenters. The van der Waals surface area contributed by atoms with Gasteiger partial charge in [-0.3, -0.25) is 9.48 Å². The lowest BCUT2D eigenvalue weighted by Gasteiger charge is -2.38. The Morgan fingerprint density at radius 3 is 2.76 bits per heavy atom. The van der Waals surface area contributed by atoms with Gasteiger partial charge in [0.1, 0.15) is 11.9 Å². The number of fused-ring (bicyclic) bond motifs is 1. The number of aryl methyl sites for hydroxylation is 2. The lowest BCUT2D eigenvalue weighted by molar-refractivity contribution is -0.118. The van der Waals surface area contributed by atoms with Crippen molar-refractivity contribution < 1.29 is 4.79 Å². The van der Waals surface area contributed by atoms with Crippen LogP contribution in [0.3, 0.4) is 0 Å². The van der Waals surface area contributed by atoms with Crippen molar-refractivity contribution in [3.8, 4) is 6.07 Å². The summed E-state index contributed by atoms with van der Waals surface area (Å²) in [5.41, 5.74) is 6.44. The third-order valence-electron chi connectivity index (χ3n) is 6.09. The van der Waals surface area contributed by atoms with Gasteiger partial charge in [-0.1, -0.05) is 19.9 Å². The molecule has 0 radical (unpaired) electrons. The summed E-state index contributed by atoms with van der Waals surface area (Å²) in [4.78, 5) is 19.2. The monoisotopic (exact) mass is 443 g/mol. The van der Waals surface area contributed by atoms with Gasteiger partial charge in [0.25, 0.3) is 0 Å². The minimum Gasteiger partial charge on any atom is -0.366 e. The summed E-state index contributed by atoms with van der Waals surface area (Å²) < 4.78 is 1.90. The summed E-state index contributed by atoms with van der Waals surface area (Å²) >= 11 is 0. The van der Waals surface area contributed by atoms with Crippen molar-refractivity contribution in [2.24, 2.45) is 5.92 Å². The number of nitriles is 1. The Balaban J connectivity index is 1.46. The quantitative estimate of drug-likeness (QED) is 0.601. The minimum absolute atomic E-state index is 0.00974. The standard InChI is InChI=1S/C25H29N7O/c1-15(2)24-25(33)30-23-17(4)29-22(9-21(23)31(24)5)27-11-19-12-28-32(13-19)14-20-7-6-18(10-26)8-16(20)3/h6-9,12-13,15,24H,11,14H2,1-5H3,(H,27,29)(H,30,33)/t24-/m0/s1. The molecule has 1 aliphatic heterocycles. The van der Waals surface area contributed by atoms with Gasteiger partial charge in [0.2, 0.25) is 5.91 Å². The number of aromatic nitrogens is 3. The molecule has 1 aromatic carbocycles. The van der Waals surface area contributed by atoms with Crippen LogP contribution in [-0.2, 0) is 17.9 Å². The van der Waals surface area contributed by atoms with E-state index in [1.807, 2.05) is 67.1 Å². The summed E-state index contributed by atoms with van der Waals surface area (Å²) in [6.45, 7) is 9.25. The van der Waals surface area contributed by atoms with E-state index in [-0.39, 0.29) is 17.9 Å². The smallest absolute Gasteiger partial charge is 0.247 e. The van der Waals surface area contributed by atoms with Crippen LogP contribution in [0.1, 0.15) is 41.8 Å². The van der Waals surface area contributed by atoms with Gasteiger partial charge in [0.05, 0.1) is 41.4 Å². The number of carbonyl (C=O) groups is 1. The van der Waals surface area contributed by atoms with E-state index in [1.165, 1.54) is 0 Å². The van der Waals surface area contributed by atoms with Crippen LogP contribution in [0.2, 0.25) is 0 Å². The zero-order valence-electron chi connectivity index (χ0n) is 19.7. The van der Waals surface area contributed by atoms with E-state index in [1.54, 1.807) is 0 Å². The molecule has 0 fully saturated rings. The van der Waals surface area contributed by atoms with Crippen LogP contribution >= 0.6 is 0 Å². The van der Waals surface area contributed by atoms with Crippen LogP contribution in [0.15, 0.2) is 36.7 Å². The number of nitrogens with one attached hydrogen (secondary N) is 2. The van der Waals surface area contributed by atoms with Crippen LogP contribution < -0.4 is 15.5 Å². The molecule has 33 heavy (non-hydrogen) atoms. The first kappa shape index (κ1) is 22.3. The molecule has 3 aromatic rings. The average Bonchev–Trinajstić information content (AvgIpc) is 3.21. The molecule has 2 aromatic heterocycles. The number of hydrogen-bond donors (Lipinski definition) is 2. The Morgan fingerprint density at radius 1 is 1.27 bits per heavy atom. The van der Waals surface area contributed by atoms with Crippen LogP contribution in [0.25, 0.3) is 0 Å². The number of likely N-dealkylation sites (N-methyl/N-ethyl adjacent to an activating group) is 1. The molecule has 0 saturated carbocycles. The molecular formula is C25H29N7O. The molecule has 1 atom stereocenters. The van der Waals surface area contributed by atoms with Gasteiger partial charge in [-0.25, -0.2) is 4.98 Å². The summed E-state index contributed by atoms with van der Waals surface area (Å²) in [6.07, 6.45) is 3.86. The van der Waals surface area contributed by atoms with E-state index >= 15 is 0 Å². The SMILES string of the molecule is Cc1cc(C#N)ccc1Cn1cc(CNc2cc3c(c(C)n2)NC(=O)[C@H](C(C)C)N3C)cn1. The highest BCUT2D eigenvalue weighted by Crippen LogP contribution is 2.36. The number of pyridine rings is 1. The van der Waals surface area contributed by atoms with Gasteiger partial charge in [0.15, 0.2) is 0 Å². The Hall–Kier alpha value is -3.86. The second kappa shape index (κ2) is 8.94. The van der Waals surface area contributed by atoms with Crippen molar-refractivity contribution in [3.63, 3.8) is 0 Å². The number of rotatable bonds is 6. The number of hydrogen-bond acceptors (Lipinski definition) is 6. The van der Waals surface area contributed by atoms with Gasteiger partial charge in [-0.15, -0.1) is 0 Å². The van der Waals surface area contributed by atoms with Crippen molar-refractivity contribution in [2.45, 2.75) is 46.8 Å². The number of amides is 1. The second-order valence-electron chi connectivity index (χ2n) is 8.93. The van der Waals surface area contributed by atoms with Gasteiger partial charge in [-0.2, -0.15) is 10.4 Å². The Kier molecular flexibility index (Phi) is 6.05. The third kappa shape index (κ3) is 4.53. The van der Waals surface area contributed by atoms with Crippen LogP contribution in [-0.4, -0.2) is 33.8 Å². The van der Waals surface area contributed by atoms with E-state index in [4.69, 9.17) is 5.26 Å². The molecule has 0 saturated heterocycles. The maximum absolute atomic E-state index is 12.5. The molecule has 0 bridgehead atoms. The summed E-state index contributed by atoms with van der Waals surface area (Å²) in [7, 11) is 1.96. The van der Waals surface area contributed by atoms with Crippen molar-refractivity contribution >= 4 is 23.1 Å². The molecular weight excluding hydrogens is 414 g/mol. The fourth-order valence-electron chi connectivity index (χ4n) is 4.35. The normalized spacial score (nSPS) is 15.2. The number of anilines is 3. The summed E-state index contributed by atoms with van der Waals surface area (Å²) in [5.74, 6) is 0.960. The number of benzene rings is 1. The molecule has 3 heterocycles. The van der Waals surface area contributed by atoms with Crippen molar-refractivity contribution in [3.05, 3.63) is 64.6 Å².